The fourth-order valence-electron chi connectivity index (χ4n) is 6.19. The van der Waals surface area contributed by atoms with Crippen LogP contribution in [0.1, 0.15) is 74.1 Å². The number of alkyl halides is 1. The molecule has 2 aliphatic carbocycles. The zero-order valence-electron chi connectivity index (χ0n) is 16.7. The van der Waals surface area contributed by atoms with E-state index in [9.17, 15) is 9.59 Å². The Morgan fingerprint density at radius 1 is 1.04 bits per heavy atom. The van der Waals surface area contributed by atoms with Gasteiger partial charge in [0.2, 0.25) is 5.91 Å². The number of Topliss-reactive ketones (excluding diaryl/α,β-unsaturated/α-hetero) is 1. The lowest BCUT2D eigenvalue weighted by atomic mass is 9.64. The van der Waals surface area contributed by atoms with Crippen molar-refractivity contribution < 1.29 is 9.59 Å². The molecule has 1 saturated heterocycles. The zero-order valence-corrected chi connectivity index (χ0v) is 18.3. The summed E-state index contributed by atoms with van der Waals surface area (Å²) in [6, 6.07) is 0.131. The van der Waals surface area contributed by atoms with E-state index in [1.807, 2.05) is 6.92 Å². The number of fused-ring (bicyclic) bond motifs is 2. The van der Waals surface area contributed by atoms with Crippen molar-refractivity contribution in [2.24, 2.45) is 16.2 Å². The quantitative estimate of drug-likeness (QED) is 0.681. The molecule has 2 unspecified atom stereocenters. The molecular weight excluding hydrogens is 380 g/mol. The maximum Gasteiger partial charge on any atom is 0.228 e. The van der Waals surface area contributed by atoms with Gasteiger partial charge in [-0.15, -0.1) is 0 Å². The lowest BCUT2D eigenvalue weighted by Gasteiger charge is -2.48. The standard InChI is InChI=1S/C20H33BrN2O2/c1-16(2)10-12(11-17(3,4)23-16)22-15(25)20-9-8-19(7,18(20,5)6)14(24)13(20)21/h12-13,23H,8-11H2,1-7H3,(H,22,25)/t13-,19?,20?/m1/s1. The second-order valence-electron chi connectivity index (χ2n) is 10.6. The van der Waals surface area contributed by atoms with Crippen molar-refractivity contribution in [3.63, 3.8) is 0 Å². The SMILES string of the molecule is CC1(C)CC(NC(=O)C23CCC(C)(C(=O)[C@H]2Br)C3(C)C)CC(C)(C)N1. The van der Waals surface area contributed by atoms with Gasteiger partial charge in [-0.25, -0.2) is 0 Å². The van der Waals surface area contributed by atoms with E-state index in [-0.39, 0.29) is 39.1 Å². The molecule has 5 heteroatoms. The third-order valence-corrected chi connectivity index (χ3v) is 8.85. The number of ketones is 1. The summed E-state index contributed by atoms with van der Waals surface area (Å²) in [7, 11) is 0. The second-order valence-corrected chi connectivity index (χ2v) is 11.5. The van der Waals surface area contributed by atoms with Crippen molar-refractivity contribution in [1.82, 2.24) is 10.6 Å². The lowest BCUT2D eigenvalue weighted by molar-refractivity contribution is -0.137. The topological polar surface area (TPSA) is 58.2 Å². The summed E-state index contributed by atoms with van der Waals surface area (Å²) in [5.74, 6) is 0.261. The maximum atomic E-state index is 13.5. The normalized spacial score (nSPS) is 41.8. The lowest BCUT2D eigenvalue weighted by Crippen LogP contribution is -2.63. The average Bonchev–Trinajstić information content (AvgIpc) is 2.67. The predicted molar refractivity (Wildman–Crippen MR) is 104 cm³/mol. The summed E-state index contributed by atoms with van der Waals surface area (Å²) in [5.41, 5.74) is -1.43. The third kappa shape index (κ3) is 2.48. The molecule has 3 rings (SSSR count). The Labute approximate surface area is 160 Å². The molecule has 2 bridgehead atoms. The van der Waals surface area contributed by atoms with Crippen molar-refractivity contribution in [2.75, 3.05) is 0 Å². The Kier molecular flexibility index (Phi) is 4.11. The molecule has 0 aromatic rings. The highest BCUT2D eigenvalue weighted by molar-refractivity contribution is 9.10. The van der Waals surface area contributed by atoms with Crippen LogP contribution in [-0.2, 0) is 9.59 Å². The summed E-state index contributed by atoms with van der Waals surface area (Å²) >= 11 is 3.62. The Hall–Kier alpha value is -0.420. The number of hydrogen-bond donors (Lipinski definition) is 2. The highest BCUT2D eigenvalue weighted by atomic mass is 79.9. The van der Waals surface area contributed by atoms with Gasteiger partial charge in [-0.05, 0) is 58.8 Å². The number of amides is 1. The molecule has 1 amide bonds. The minimum Gasteiger partial charge on any atom is -0.353 e. The molecule has 2 saturated carbocycles. The summed E-state index contributed by atoms with van der Waals surface area (Å²) in [6.07, 6.45) is 3.38. The first kappa shape index (κ1) is 19.3. The van der Waals surface area contributed by atoms with E-state index in [4.69, 9.17) is 0 Å². The number of nitrogens with one attached hydrogen (secondary N) is 2. The van der Waals surface area contributed by atoms with E-state index >= 15 is 0 Å². The number of halogens is 1. The van der Waals surface area contributed by atoms with Crippen LogP contribution in [0.3, 0.4) is 0 Å². The molecule has 3 fully saturated rings. The van der Waals surface area contributed by atoms with Crippen LogP contribution in [0.2, 0.25) is 0 Å². The van der Waals surface area contributed by atoms with Gasteiger partial charge in [0.05, 0.1) is 10.2 Å². The van der Waals surface area contributed by atoms with Gasteiger partial charge in [0, 0.05) is 22.5 Å². The Bertz CT molecular complexity index is 611. The fourth-order valence-corrected chi connectivity index (χ4v) is 7.71. The number of carbonyl (C=O) groups excluding carboxylic acids is 2. The van der Waals surface area contributed by atoms with Crippen molar-refractivity contribution in [2.45, 2.75) is 96.1 Å². The maximum absolute atomic E-state index is 13.5. The van der Waals surface area contributed by atoms with E-state index in [0.29, 0.717) is 0 Å². The van der Waals surface area contributed by atoms with Crippen LogP contribution in [0.25, 0.3) is 0 Å². The molecule has 3 atom stereocenters. The first-order valence-corrected chi connectivity index (χ1v) is 10.4. The van der Waals surface area contributed by atoms with Crippen molar-refractivity contribution in [3.8, 4) is 0 Å². The van der Waals surface area contributed by atoms with Gasteiger partial charge in [-0.2, -0.15) is 0 Å². The summed E-state index contributed by atoms with van der Waals surface area (Å²) < 4.78 is 0. The van der Waals surface area contributed by atoms with E-state index in [0.717, 1.165) is 25.7 Å². The average molecular weight is 413 g/mol. The minimum absolute atomic E-state index is 0.0175. The van der Waals surface area contributed by atoms with Crippen LogP contribution in [0.4, 0.5) is 0 Å². The molecule has 1 aliphatic heterocycles. The molecule has 2 N–H and O–H groups in total. The summed E-state index contributed by atoms with van der Waals surface area (Å²) in [5, 5.41) is 7.01. The molecule has 0 aromatic carbocycles. The zero-order chi connectivity index (χ0) is 19.1. The highest BCUT2D eigenvalue weighted by Crippen LogP contribution is 2.72. The fraction of sp³-hybridized carbons (Fsp3) is 0.900. The van der Waals surface area contributed by atoms with Gasteiger partial charge in [-0.3, -0.25) is 9.59 Å². The summed E-state index contributed by atoms with van der Waals surface area (Å²) in [4.78, 5) is 26.0. The van der Waals surface area contributed by atoms with Crippen molar-refractivity contribution in [1.29, 1.82) is 0 Å². The largest absolute Gasteiger partial charge is 0.353 e. The first-order valence-electron chi connectivity index (χ1n) is 9.47. The molecule has 4 nitrogen and oxygen atoms in total. The number of hydrogen-bond acceptors (Lipinski definition) is 3. The third-order valence-electron chi connectivity index (χ3n) is 7.65. The van der Waals surface area contributed by atoms with Crippen molar-refractivity contribution >= 4 is 27.6 Å². The number of rotatable bonds is 2. The first-order chi connectivity index (χ1) is 11.2. The van der Waals surface area contributed by atoms with Crippen LogP contribution < -0.4 is 10.6 Å². The molecule has 0 aromatic heterocycles. The second kappa shape index (κ2) is 5.31. The van der Waals surface area contributed by atoms with Crippen LogP contribution in [-0.4, -0.2) is 33.6 Å². The highest BCUT2D eigenvalue weighted by Gasteiger charge is 2.76. The van der Waals surface area contributed by atoms with Gasteiger partial charge in [0.25, 0.3) is 0 Å². The van der Waals surface area contributed by atoms with Crippen molar-refractivity contribution in [3.05, 3.63) is 0 Å². The monoisotopic (exact) mass is 412 g/mol. The molecule has 0 radical (unpaired) electrons. The Morgan fingerprint density at radius 3 is 2.00 bits per heavy atom. The van der Waals surface area contributed by atoms with Crippen LogP contribution in [0.5, 0.6) is 0 Å². The molecule has 1 heterocycles. The Balaban J connectivity index is 1.88. The van der Waals surface area contributed by atoms with Gasteiger partial charge < -0.3 is 10.6 Å². The number of piperidine rings is 1. The van der Waals surface area contributed by atoms with Crippen LogP contribution in [0, 0.1) is 16.2 Å². The van der Waals surface area contributed by atoms with E-state index in [1.54, 1.807) is 0 Å². The molecule has 25 heavy (non-hydrogen) atoms. The summed E-state index contributed by atoms with van der Waals surface area (Å²) in [6.45, 7) is 15.0. The van der Waals surface area contributed by atoms with Crippen LogP contribution >= 0.6 is 15.9 Å². The van der Waals surface area contributed by atoms with E-state index in [1.165, 1.54) is 0 Å². The molecule has 3 aliphatic rings. The minimum atomic E-state index is -0.641. The smallest absolute Gasteiger partial charge is 0.228 e. The van der Waals surface area contributed by atoms with Gasteiger partial charge in [-0.1, -0.05) is 36.7 Å². The molecule has 0 spiro atoms. The van der Waals surface area contributed by atoms with Gasteiger partial charge in [0.15, 0.2) is 5.78 Å². The molecule has 142 valence electrons. The van der Waals surface area contributed by atoms with E-state index in [2.05, 4.69) is 68.1 Å². The predicted octanol–water partition coefficient (Wildman–Crippen LogP) is 3.57. The van der Waals surface area contributed by atoms with Gasteiger partial charge >= 0.3 is 0 Å². The molecular formula is C20H33BrN2O2. The van der Waals surface area contributed by atoms with E-state index < -0.39 is 10.8 Å². The Morgan fingerprint density at radius 2 is 1.56 bits per heavy atom. The van der Waals surface area contributed by atoms with Crippen LogP contribution in [0.15, 0.2) is 0 Å². The van der Waals surface area contributed by atoms with Gasteiger partial charge in [0.1, 0.15) is 0 Å². The number of carbonyl (C=O) groups is 2.